The summed E-state index contributed by atoms with van der Waals surface area (Å²) in [6, 6.07) is 0. The number of carbonyl (C=O) groups is 1. The van der Waals surface area contributed by atoms with Crippen molar-refractivity contribution in [2.75, 3.05) is 0 Å². The Morgan fingerprint density at radius 2 is 2.00 bits per heavy atom. The molecule has 1 saturated carbocycles. The van der Waals surface area contributed by atoms with Crippen LogP contribution in [0.3, 0.4) is 0 Å². The van der Waals surface area contributed by atoms with E-state index in [1.807, 2.05) is 0 Å². The van der Waals surface area contributed by atoms with Crippen molar-refractivity contribution < 1.29 is 4.79 Å². The quantitative estimate of drug-likeness (QED) is 0.374. The largest absolute Gasteiger partial charge is 0.303 e. The summed E-state index contributed by atoms with van der Waals surface area (Å²) in [7, 11) is 0. The molecule has 1 rings (SSSR count). The van der Waals surface area contributed by atoms with Crippen LogP contribution in [0.15, 0.2) is 11.6 Å². The highest BCUT2D eigenvalue weighted by molar-refractivity contribution is 5.48. The Kier molecular flexibility index (Phi) is 5.07. The monoisotopic (exact) mass is 208 g/mol. The minimum absolute atomic E-state index is 0.521. The first kappa shape index (κ1) is 12.5. The minimum atomic E-state index is 0.521. The number of carbonyl (C=O) groups excluding carboxylic acids is 1. The van der Waals surface area contributed by atoms with Crippen LogP contribution in [-0.2, 0) is 4.79 Å². The molecule has 0 bridgehead atoms. The van der Waals surface area contributed by atoms with Crippen molar-refractivity contribution in [3.63, 3.8) is 0 Å². The molecule has 0 unspecified atom stereocenters. The van der Waals surface area contributed by atoms with Crippen molar-refractivity contribution in [1.29, 1.82) is 0 Å². The summed E-state index contributed by atoms with van der Waals surface area (Å²) in [5.41, 5.74) is 2.17. The second-order valence-corrected chi connectivity index (χ2v) is 5.51. The predicted molar refractivity (Wildman–Crippen MR) is 64.9 cm³/mol. The predicted octanol–water partition coefficient (Wildman–Crippen LogP) is 4.27. The number of aldehydes is 1. The van der Waals surface area contributed by atoms with Gasteiger partial charge in [-0.15, -0.1) is 0 Å². The zero-order valence-corrected chi connectivity index (χ0v) is 10.2. The van der Waals surface area contributed by atoms with Gasteiger partial charge in [0.2, 0.25) is 0 Å². The highest BCUT2D eigenvalue weighted by Gasteiger charge is 2.23. The van der Waals surface area contributed by atoms with Crippen LogP contribution in [0.25, 0.3) is 0 Å². The molecule has 0 aromatic heterocycles. The summed E-state index contributed by atoms with van der Waals surface area (Å²) in [4.78, 5) is 10.1. The van der Waals surface area contributed by atoms with E-state index in [4.69, 9.17) is 0 Å². The van der Waals surface area contributed by atoms with Crippen molar-refractivity contribution in [3.8, 4) is 0 Å². The lowest BCUT2D eigenvalue weighted by Gasteiger charge is -2.31. The van der Waals surface area contributed by atoms with Crippen LogP contribution in [0.4, 0.5) is 0 Å². The topological polar surface area (TPSA) is 17.1 Å². The maximum atomic E-state index is 10.1. The first-order valence-electron chi connectivity index (χ1n) is 6.26. The van der Waals surface area contributed by atoms with Crippen LogP contribution in [0.5, 0.6) is 0 Å². The second-order valence-electron chi connectivity index (χ2n) is 5.51. The molecule has 0 saturated heterocycles. The molecule has 1 fully saturated rings. The van der Waals surface area contributed by atoms with Gasteiger partial charge in [-0.25, -0.2) is 0 Å². The van der Waals surface area contributed by atoms with Crippen molar-refractivity contribution in [2.45, 2.75) is 65.2 Å². The number of rotatable bonds is 5. The normalized spacial score (nSPS) is 22.9. The number of unbranched alkanes of at least 4 members (excludes halogenated alkanes) is 3. The first-order chi connectivity index (χ1) is 7.14. The van der Waals surface area contributed by atoms with Gasteiger partial charge in [-0.3, -0.25) is 0 Å². The third kappa shape index (κ3) is 5.15. The average molecular weight is 208 g/mol. The van der Waals surface area contributed by atoms with Gasteiger partial charge < -0.3 is 4.79 Å². The Labute approximate surface area is 93.9 Å². The maximum Gasteiger partial charge on any atom is 0.119 e. The van der Waals surface area contributed by atoms with E-state index in [-0.39, 0.29) is 0 Å². The fraction of sp³-hybridized carbons (Fsp3) is 0.786. The summed E-state index contributed by atoms with van der Waals surface area (Å²) in [6.07, 6.45) is 12.9. The Balaban J connectivity index is 2.23. The third-order valence-electron chi connectivity index (χ3n) is 3.27. The third-order valence-corrected chi connectivity index (χ3v) is 3.27. The summed E-state index contributed by atoms with van der Waals surface area (Å²) in [5.74, 6) is 0. The Bertz CT molecular complexity index is 225. The Hall–Kier alpha value is -0.590. The molecular weight excluding hydrogens is 184 g/mol. The van der Waals surface area contributed by atoms with Crippen LogP contribution in [-0.4, -0.2) is 6.29 Å². The molecule has 15 heavy (non-hydrogen) atoms. The molecule has 1 aliphatic rings. The van der Waals surface area contributed by atoms with Gasteiger partial charge in [-0.05, 0) is 50.4 Å². The lowest BCUT2D eigenvalue weighted by molar-refractivity contribution is -0.107. The van der Waals surface area contributed by atoms with Crippen molar-refractivity contribution in [3.05, 3.63) is 11.6 Å². The number of hydrogen-bond donors (Lipinski definition) is 0. The maximum absolute atomic E-state index is 10.1. The summed E-state index contributed by atoms with van der Waals surface area (Å²) in [6.45, 7) is 4.73. The summed E-state index contributed by atoms with van der Waals surface area (Å²) < 4.78 is 0. The SMILES string of the molecule is CC1(C)CCC/C(=C\CCCCC=O)C1. The fourth-order valence-corrected chi connectivity index (χ4v) is 2.44. The molecule has 1 heteroatoms. The van der Waals surface area contributed by atoms with Crippen LogP contribution in [0, 0.1) is 5.41 Å². The minimum Gasteiger partial charge on any atom is -0.303 e. The zero-order chi connectivity index (χ0) is 11.1. The van der Waals surface area contributed by atoms with Crippen molar-refractivity contribution in [1.82, 2.24) is 0 Å². The van der Waals surface area contributed by atoms with E-state index >= 15 is 0 Å². The molecule has 86 valence electrons. The van der Waals surface area contributed by atoms with Gasteiger partial charge in [-0.1, -0.05) is 25.5 Å². The molecule has 0 amide bonds. The van der Waals surface area contributed by atoms with E-state index in [1.54, 1.807) is 5.57 Å². The van der Waals surface area contributed by atoms with E-state index in [1.165, 1.54) is 38.5 Å². The van der Waals surface area contributed by atoms with Gasteiger partial charge in [0, 0.05) is 6.42 Å². The van der Waals surface area contributed by atoms with E-state index in [9.17, 15) is 4.79 Å². The summed E-state index contributed by atoms with van der Waals surface area (Å²) >= 11 is 0. The van der Waals surface area contributed by atoms with Crippen molar-refractivity contribution >= 4 is 6.29 Å². The van der Waals surface area contributed by atoms with Gasteiger partial charge in [0.1, 0.15) is 6.29 Å². The molecule has 0 atom stereocenters. The molecule has 0 aromatic rings. The second kappa shape index (κ2) is 6.09. The van der Waals surface area contributed by atoms with Gasteiger partial charge >= 0.3 is 0 Å². The molecule has 1 nitrogen and oxygen atoms in total. The lowest BCUT2D eigenvalue weighted by atomic mass is 9.75. The van der Waals surface area contributed by atoms with E-state index in [0.717, 1.165) is 19.1 Å². The number of hydrogen-bond acceptors (Lipinski definition) is 1. The molecular formula is C14H24O. The highest BCUT2D eigenvalue weighted by Crippen LogP contribution is 2.38. The average Bonchev–Trinajstić information content (AvgIpc) is 2.16. The van der Waals surface area contributed by atoms with Crippen LogP contribution in [0.2, 0.25) is 0 Å². The molecule has 0 N–H and O–H groups in total. The highest BCUT2D eigenvalue weighted by atomic mass is 16.1. The van der Waals surface area contributed by atoms with Gasteiger partial charge in [0.05, 0.1) is 0 Å². The van der Waals surface area contributed by atoms with E-state index in [0.29, 0.717) is 5.41 Å². The van der Waals surface area contributed by atoms with Gasteiger partial charge in [0.25, 0.3) is 0 Å². The number of allylic oxidation sites excluding steroid dienone is 2. The van der Waals surface area contributed by atoms with E-state index < -0.39 is 0 Å². The smallest absolute Gasteiger partial charge is 0.119 e. The molecule has 0 heterocycles. The Morgan fingerprint density at radius 1 is 1.27 bits per heavy atom. The van der Waals surface area contributed by atoms with Crippen molar-refractivity contribution in [2.24, 2.45) is 5.41 Å². The van der Waals surface area contributed by atoms with E-state index in [2.05, 4.69) is 19.9 Å². The molecule has 0 radical (unpaired) electrons. The molecule has 0 spiro atoms. The van der Waals surface area contributed by atoms with Crippen LogP contribution >= 0.6 is 0 Å². The summed E-state index contributed by atoms with van der Waals surface area (Å²) in [5, 5.41) is 0. The lowest BCUT2D eigenvalue weighted by Crippen LogP contribution is -2.16. The zero-order valence-electron chi connectivity index (χ0n) is 10.2. The molecule has 1 aliphatic carbocycles. The fourth-order valence-electron chi connectivity index (χ4n) is 2.44. The van der Waals surface area contributed by atoms with Gasteiger partial charge in [0.15, 0.2) is 0 Å². The van der Waals surface area contributed by atoms with Crippen LogP contribution < -0.4 is 0 Å². The van der Waals surface area contributed by atoms with Gasteiger partial charge in [-0.2, -0.15) is 0 Å². The first-order valence-corrected chi connectivity index (χ1v) is 6.26. The molecule has 0 aromatic carbocycles. The molecule has 0 aliphatic heterocycles. The standard InChI is InChI=1S/C14H24O/c1-14(2)10-7-9-13(12-14)8-5-3-4-6-11-15/h8,11H,3-7,9-10,12H2,1-2H3/b13-8+. The Morgan fingerprint density at radius 3 is 2.67 bits per heavy atom. The van der Waals surface area contributed by atoms with Crippen LogP contribution in [0.1, 0.15) is 65.2 Å².